The lowest BCUT2D eigenvalue weighted by Crippen LogP contribution is -2.39. The highest BCUT2D eigenvalue weighted by molar-refractivity contribution is 6.30. The van der Waals surface area contributed by atoms with Crippen LogP contribution < -0.4 is 5.32 Å². The fourth-order valence-corrected chi connectivity index (χ4v) is 2.19. The minimum absolute atomic E-state index is 0.0990. The summed E-state index contributed by atoms with van der Waals surface area (Å²) in [6.45, 7) is 2.06. The Bertz CT molecular complexity index is 616. The first-order chi connectivity index (χ1) is 10.6. The molecule has 1 aromatic carbocycles. The zero-order chi connectivity index (χ0) is 15.9. The molecule has 116 valence electrons. The number of hydrogen-bond donors (Lipinski definition) is 1. The first-order valence-corrected chi connectivity index (χ1v) is 7.23. The molecule has 1 heterocycles. The largest absolute Gasteiger partial charge is 0.363 e. The van der Waals surface area contributed by atoms with Gasteiger partial charge in [-0.2, -0.15) is 0 Å². The molecule has 0 saturated heterocycles. The highest BCUT2D eigenvalue weighted by Crippen LogP contribution is 2.22. The molecule has 0 saturated carbocycles. The van der Waals surface area contributed by atoms with Gasteiger partial charge in [0.15, 0.2) is 5.82 Å². The molecule has 0 fully saturated rings. The molecule has 0 bridgehead atoms. The van der Waals surface area contributed by atoms with Crippen LogP contribution in [-0.2, 0) is 9.59 Å². The van der Waals surface area contributed by atoms with E-state index in [9.17, 15) is 9.59 Å². The number of rotatable bonds is 6. The van der Waals surface area contributed by atoms with E-state index in [1.54, 1.807) is 19.1 Å². The Labute approximate surface area is 133 Å². The van der Waals surface area contributed by atoms with Crippen LogP contribution >= 0.6 is 11.6 Å². The molecule has 0 aliphatic rings. The molecule has 22 heavy (non-hydrogen) atoms. The lowest BCUT2D eigenvalue weighted by atomic mass is 10.1. The van der Waals surface area contributed by atoms with E-state index in [1.165, 1.54) is 17.2 Å². The van der Waals surface area contributed by atoms with Crippen molar-refractivity contribution in [2.45, 2.75) is 12.3 Å². The Morgan fingerprint density at radius 2 is 2.05 bits per heavy atom. The minimum atomic E-state index is -0.819. The fraction of sp³-hybridized carbons (Fsp3) is 0.267. The van der Waals surface area contributed by atoms with Gasteiger partial charge in [-0.05, 0) is 12.5 Å². The molecule has 2 rings (SSSR count). The number of nitrogens with zero attached hydrogens (tertiary/aromatic N) is 2. The number of halogens is 1. The van der Waals surface area contributed by atoms with Gasteiger partial charge < -0.3 is 14.7 Å². The second kappa shape index (κ2) is 7.61. The number of carbonyl (C=O) groups excluding carboxylic acids is 2. The van der Waals surface area contributed by atoms with Gasteiger partial charge in [0.25, 0.3) is 0 Å². The number of likely N-dealkylation sites (N-methyl/N-ethyl adjacent to an activating group) is 1. The van der Waals surface area contributed by atoms with Gasteiger partial charge >= 0.3 is 0 Å². The maximum Gasteiger partial charge on any atom is 0.245 e. The van der Waals surface area contributed by atoms with Crippen molar-refractivity contribution in [3.05, 3.63) is 48.2 Å². The number of benzene rings is 1. The van der Waals surface area contributed by atoms with Crippen molar-refractivity contribution in [2.24, 2.45) is 0 Å². The van der Waals surface area contributed by atoms with Crippen LogP contribution in [0.3, 0.4) is 0 Å². The van der Waals surface area contributed by atoms with E-state index in [-0.39, 0.29) is 18.4 Å². The first-order valence-electron chi connectivity index (χ1n) is 6.80. The minimum Gasteiger partial charge on any atom is -0.363 e. The molecule has 1 N–H and O–H groups in total. The van der Waals surface area contributed by atoms with Crippen molar-refractivity contribution >= 4 is 29.2 Å². The quantitative estimate of drug-likeness (QED) is 0.829. The van der Waals surface area contributed by atoms with E-state index in [4.69, 9.17) is 11.6 Å². The van der Waals surface area contributed by atoms with Crippen molar-refractivity contribution in [3.63, 3.8) is 0 Å². The van der Waals surface area contributed by atoms with E-state index in [1.807, 2.05) is 18.2 Å². The number of hydrogen-bond acceptors (Lipinski definition) is 4. The zero-order valence-electron chi connectivity index (χ0n) is 12.0. The lowest BCUT2D eigenvalue weighted by Gasteiger charge is -2.22. The predicted octanol–water partition coefficient (Wildman–Crippen LogP) is 2.44. The van der Waals surface area contributed by atoms with Gasteiger partial charge in [-0.1, -0.05) is 35.5 Å². The molecule has 1 aromatic heterocycles. The summed E-state index contributed by atoms with van der Waals surface area (Å²) >= 11 is 6.21. The van der Waals surface area contributed by atoms with Crippen LogP contribution in [0.15, 0.2) is 47.2 Å². The highest BCUT2D eigenvalue weighted by atomic mass is 35.5. The molecule has 7 heteroatoms. The van der Waals surface area contributed by atoms with Crippen molar-refractivity contribution in [3.8, 4) is 0 Å². The van der Waals surface area contributed by atoms with E-state index < -0.39 is 5.38 Å². The maximum absolute atomic E-state index is 12.4. The smallest absolute Gasteiger partial charge is 0.245 e. The van der Waals surface area contributed by atoms with Gasteiger partial charge in [0.1, 0.15) is 11.6 Å². The number of carbonyl (C=O) groups is 2. The average molecular weight is 322 g/mol. The molecule has 2 amide bonds. The van der Waals surface area contributed by atoms with Gasteiger partial charge in [0, 0.05) is 12.6 Å². The predicted molar refractivity (Wildman–Crippen MR) is 82.4 cm³/mol. The molecule has 0 aliphatic carbocycles. The standard InChI is InChI=1S/C15H16ClN3O3/c1-2-19(10-13(20)17-12-8-9-22-18-12)15(21)14(16)11-6-4-3-5-7-11/h3-9,14H,2,10H2,1H3,(H,17,18,20)/t14-/m0/s1. The SMILES string of the molecule is CCN(CC(=O)Nc1ccon1)C(=O)[C@@H](Cl)c1ccccc1. The molecule has 0 radical (unpaired) electrons. The summed E-state index contributed by atoms with van der Waals surface area (Å²) in [6.07, 6.45) is 1.35. The molecular weight excluding hydrogens is 306 g/mol. The van der Waals surface area contributed by atoms with Crippen LogP contribution in [0, 0.1) is 0 Å². The summed E-state index contributed by atoms with van der Waals surface area (Å²) in [7, 11) is 0. The molecule has 0 spiro atoms. The van der Waals surface area contributed by atoms with Crippen LogP contribution in [0.5, 0.6) is 0 Å². The Morgan fingerprint density at radius 3 is 2.64 bits per heavy atom. The number of anilines is 1. The summed E-state index contributed by atoms with van der Waals surface area (Å²) in [5, 5.41) is 5.30. The Hall–Kier alpha value is -2.34. The summed E-state index contributed by atoms with van der Waals surface area (Å²) in [6, 6.07) is 10.5. The van der Waals surface area contributed by atoms with Crippen LogP contribution in [0.2, 0.25) is 0 Å². The van der Waals surface area contributed by atoms with Crippen LogP contribution in [-0.4, -0.2) is 35.0 Å². The summed E-state index contributed by atoms with van der Waals surface area (Å²) in [5.41, 5.74) is 0.699. The van der Waals surface area contributed by atoms with Gasteiger partial charge in [0.2, 0.25) is 11.8 Å². The number of nitrogens with one attached hydrogen (secondary N) is 1. The molecule has 0 aliphatic heterocycles. The normalized spacial score (nSPS) is 11.7. The fourth-order valence-electron chi connectivity index (χ4n) is 1.90. The van der Waals surface area contributed by atoms with Crippen LogP contribution in [0.1, 0.15) is 17.9 Å². The van der Waals surface area contributed by atoms with E-state index in [2.05, 4.69) is 15.0 Å². The second-order valence-electron chi connectivity index (χ2n) is 4.56. The summed E-state index contributed by atoms with van der Waals surface area (Å²) in [4.78, 5) is 25.7. The van der Waals surface area contributed by atoms with Crippen molar-refractivity contribution < 1.29 is 14.1 Å². The maximum atomic E-state index is 12.4. The highest BCUT2D eigenvalue weighted by Gasteiger charge is 2.24. The van der Waals surface area contributed by atoms with Gasteiger partial charge in [-0.3, -0.25) is 9.59 Å². The van der Waals surface area contributed by atoms with Gasteiger partial charge in [-0.25, -0.2) is 0 Å². The number of amides is 2. The zero-order valence-corrected chi connectivity index (χ0v) is 12.8. The van der Waals surface area contributed by atoms with E-state index >= 15 is 0 Å². The van der Waals surface area contributed by atoms with E-state index in [0.29, 0.717) is 17.9 Å². The molecule has 2 aromatic rings. The molecule has 0 unspecified atom stereocenters. The number of aromatic nitrogens is 1. The first kappa shape index (κ1) is 16.0. The molecular formula is C15H16ClN3O3. The lowest BCUT2D eigenvalue weighted by molar-refractivity contribution is -0.134. The molecule has 6 nitrogen and oxygen atoms in total. The Kier molecular flexibility index (Phi) is 5.55. The van der Waals surface area contributed by atoms with Crippen molar-refractivity contribution in [1.82, 2.24) is 10.1 Å². The molecule has 1 atom stereocenters. The number of alkyl halides is 1. The van der Waals surface area contributed by atoms with Gasteiger partial charge in [0.05, 0.1) is 6.54 Å². The Balaban J connectivity index is 1.98. The second-order valence-corrected chi connectivity index (χ2v) is 4.99. The third-order valence-corrected chi connectivity index (χ3v) is 3.48. The van der Waals surface area contributed by atoms with Crippen LogP contribution in [0.25, 0.3) is 0 Å². The topological polar surface area (TPSA) is 75.4 Å². The van der Waals surface area contributed by atoms with Gasteiger partial charge in [-0.15, -0.1) is 11.6 Å². The summed E-state index contributed by atoms with van der Waals surface area (Å²) in [5.74, 6) is -0.370. The average Bonchev–Trinajstić information content (AvgIpc) is 3.05. The van der Waals surface area contributed by atoms with Crippen LogP contribution in [0.4, 0.5) is 5.82 Å². The monoisotopic (exact) mass is 321 g/mol. The summed E-state index contributed by atoms with van der Waals surface area (Å²) < 4.78 is 4.62. The third-order valence-electron chi connectivity index (χ3n) is 3.04. The van der Waals surface area contributed by atoms with E-state index in [0.717, 1.165) is 0 Å². The Morgan fingerprint density at radius 1 is 1.32 bits per heavy atom. The van der Waals surface area contributed by atoms with Crippen molar-refractivity contribution in [1.29, 1.82) is 0 Å². The third kappa shape index (κ3) is 4.08. The van der Waals surface area contributed by atoms with Crippen molar-refractivity contribution in [2.75, 3.05) is 18.4 Å².